The number of halogens is 1. The molecule has 6 atom stereocenters. The highest BCUT2D eigenvalue weighted by Gasteiger charge is 2.67. The lowest BCUT2D eigenvalue weighted by atomic mass is 9.63. The van der Waals surface area contributed by atoms with Crippen molar-refractivity contribution in [1.29, 1.82) is 0 Å². The molecule has 7 rings (SSSR count). The number of allylic oxidation sites excluding steroid dienone is 2. The lowest BCUT2D eigenvalue weighted by Crippen LogP contribution is -2.45. The van der Waals surface area contributed by atoms with Crippen LogP contribution < -0.4 is 4.90 Å². The highest BCUT2D eigenvalue weighted by Crippen LogP contribution is 2.65. The Hall–Kier alpha value is -2.92. The first-order chi connectivity index (χ1) is 16.0. The van der Waals surface area contributed by atoms with Gasteiger partial charge in [-0.2, -0.15) is 0 Å². The van der Waals surface area contributed by atoms with Crippen molar-refractivity contribution in [1.82, 2.24) is 4.90 Å². The van der Waals surface area contributed by atoms with Crippen LogP contribution in [0.4, 0.5) is 5.69 Å². The number of likely N-dealkylation sites (tertiary alicyclic amines) is 1. The molecule has 0 aromatic heterocycles. The molecule has 2 bridgehead atoms. The van der Waals surface area contributed by atoms with E-state index >= 15 is 0 Å². The molecule has 1 saturated heterocycles. The van der Waals surface area contributed by atoms with Crippen molar-refractivity contribution in [2.45, 2.75) is 19.8 Å². The minimum Gasteiger partial charge on any atom is -0.289 e. The average Bonchev–Trinajstić information content (AvgIpc) is 3.62. The second-order valence-electron chi connectivity index (χ2n) is 9.60. The molecule has 0 radical (unpaired) electrons. The molecule has 5 aliphatic rings. The normalized spacial score (nSPS) is 30.9. The number of rotatable bonds is 5. The Bertz CT molecular complexity index is 1170. The SMILES string of the molecule is CCc1ccccc1N(CN1C(=O)C2C3C=CC(C4CC34)C2C1=O)C(=O)c1ccccc1Cl. The van der Waals surface area contributed by atoms with Crippen LogP contribution in [0.3, 0.4) is 0 Å². The van der Waals surface area contributed by atoms with Gasteiger partial charge in [-0.3, -0.25) is 24.2 Å². The molecule has 2 aromatic carbocycles. The number of amides is 3. The summed E-state index contributed by atoms with van der Waals surface area (Å²) in [4.78, 5) is 43.7. The van der Waals surface area contributed by atoms with E-state index in [-0.39, 0.29) is 48.1 Å². The van der Waals surface area contributed by atoms with E-state index in [9.17, 15) is 14.4 Å². The predicted molar refractivity (Wildman–Crippen MR) is 125 cm³/mol. The van der Waals surface area contributed by atoms with Gasteiger partial charge >= 0.3 is 0 Å². The Balaban J connectivity index is 1.38. The third-order valence-corrected chi connectivity index (χ3v) is 8.38. The number of aryl methyl sites for hydroxylation is 1. The van der Waals surface area contributed by atoms with Crippen LogP contribution in [0.25, 0.3) is 0 Å². The number of nitrogens with zero attached hydrogens (tertiary/aromatic N) is 2. The van der Waals surface area contributed by atoms with Crippen LogP contribution in [0.2, 0.25) is 5.02 Å². The Morgan fingerprint density at radius 3 is 2.21 bits per heavy atom. The van der Waals surface area contributed by atoms with E-state index in [0.717, 1.165) is 12.0 Å². The third kappa shape index (κ3) is 3.02. The summed E-state index contributed by atoms with van der Waals surface area (Å²) in [6.07, 6.45) is 6.16. The van der Waals surface area contributed by atoms with E-state index in [2.05, 4.69) is 12.2 Å². The molecule has 4 aliphatic carbocycles. The molecule has 0 spiro atoms. The number of anilines is 1. The summed E-state index contributed by atoms with van der Waals surface area (Å²) in [5, 5.41) is 0.344. The van der Waals surface area contributed by atoms with Gasteiger partial charge in [0.2, 0.25) is 11.8 Å². The third-order valence-electron chi connectivity index (χ3n) is 8.05. The fourth-order valence-corrected chi connectivity index (χ4v) is 6.62. The molecule has 2 aromatic rings. The van der Waals surface area contributed by atoms with E-state index in [1.54, 1.807) is 29.2 Å². The van der Waals surface area contributed by atoms with Gasteiger partial charge in [0.05, 0.1) is 22.4 Å². The molecular weight excluding hydrogens is 436 g/mol. The van der Waals surface area contributed by atoms with Crippen LogP contribution in [-0.2, 0) is 16.0 Å². The summed E-state index contributed by atoms with van der Waals surface area (Å²) < 4.78 is 0. The van der Waals surface area contributed by atoms with Crippen LogP contribution >= 0.6 is 11.6 Å². The fourth-order valence-electron chi connectivity index (χ4n) is 6.40. The van der Waals surface area contributed by atoms with E-state index in [1.807, 2.05) is 31.2 Å². The molecule has 6 unspecified atom stereocenters. The van der Waals surface area contributed by atoms with Gasteiger partial charge in [0.1, 0.15) is 6.67 Å². The summed E-state index contributed by atoms with van der Waals surface area (Å²) in [6.45, 7) is 1.92. The fraction of sp³-hybridized carbons (Fsp3) is 0.370. The molecule has 168 valence electrons. The first kappa shape index (κ1) is 20.7. The summed E-state index contributed by atoms with van der Waals surface area (Å²) >= 11 is 6.36. The minimum atomic E-state index is -0.319. The maximum absolute atomic E-state index is 13.7. The number of hydrogen-bond donors (Lipinski definition) is 0. The number of para-hydroxylation sites is 1. The van der Waals surface area contributed by atoms with Crippen molar-refractivity contribution in [2.24, 2.45) is 35.5 Å². The highest BCUT2D eigenvalue weighted by atomic mass is 35.5. The number of carbonyl (C=O) groups is 3. The maximum Gasteiger partial charge on any atom is 0.261 e. The molecule has 1 aliphatic heterocycles. The van der Waals surface area contributed by atoms with Gasteiger partial charge in [0.25, 0.3) is 5.91 Å². The summed E-state index contributed by atoms with van der Waals surface area (Å²) in [5.41, 5.74) is 2.02. The second-order valence-corrected chi connectivity index (χ2v) is 10.0. The maximum atomic E-state index is 13.7. The predicted octanol–water partition coefficient (Wildman–Crippen LogP) is 4.56. The molecular formula is C27H25ClN2O3. The Morgan fingerprint density at radius 2 is 1.58 bits per heavy atom. The standard InChI is InChI=1S/C27H25ClN2O3/c1-2-15-7-3-6-10-22(15)29(25(31)18-8-4-5-9-21(18)28)14-30-26(32)23-16-11-12-17(20-13-19(16)20)24(23)27(30)33/h3-12,16-17,19-20,23-24H,2,13-14H2,1H3. The van der Waals surface area contributed by atoms with Crippen LogP contribution in [0.15, 0.2) is 60.7 Å². The van der Waals surface area contributed by atoms with E-state index in [0.29, 0.717) is 34.5 Å². The van der Waals surface area contributed by atoms with Crippen molar-refractivity contribution in [3.05, 3.63) is 76.8 Å². The Kier molecular flexibility index (Phi) is 4.73. The lowest BCUT2D eigenvalue weighted by molar-refractivity contribution is -0.140. The summed E-state index contributed by atoms with van der Waals surface area (Å²) in [6, 6.07) is 14.5. The van der Waals surface area contributed by atoms with Crippen molar-refractivity contribution in [3.8, 4) is 0 Å². The monoisotopic (exact) mass is 460 g/mol. The van der Waals surface area contributed by atoms with Gasteiger partial charge in [-0.05, 0) is 60.3 Å². The summed E-state index contributed by atoms with van der Waals surface area (Å²) in [5.74, 6) is 0.232. The van der Waals surface area contributed by atoms with Gasteiger partial charge in [-0.1, -0.05) is 61.0 Å². The molecule has 5 nitrogen and oxygen atoms in total. The van der Waals surface area contributed by atoms with Gasteiger partial charge in [-0.15, -0.1) is 0 Å². The lowest BCUT2D eigenvalue weighted by Gasteiger charge is -2.37. The quantitative estimate of drug-likeness (QED) is 0.485. The first-order valence-electron chi connectivity index (χ1n) is 11.7. The smallest absolute Gasteiger partial charge is 0.261 e. The second kappa shape index (κ2) is 7.56. The van der Waals surface area contributed by atoms with Crippen molar-refractivity contribution in [3.63, 3.8) is 0 Å². The largest absolute Gasteiger partial charge is 0.289 e. The number of imide groups is 1. The molecule has 3 amide bonds. The average molecular weight is 461 g/mol. The van der Waals surface area contributed by atoms with Gasteiger partial charge in [0, 0.05) is 5.69 Å². The number of carbonyl (C=O) groups excluding carboxylic acids is 3. The number of benzene rings is 2. The topological polar surface area (TPSA) is 57.7 Å². The van der Waals surface area contributed by atoms with Crippen LogP contribution in [0.5, 0.6) is 0 Å². The van der Waals surface area contributed by atoms with E-state index < -0.39 is 0 Å². The van der Waals surface area contributed by atoms with Crippen LogP contribution in [0.1, 0.15) is 29.3 Å². The van der Waals surface area contributed by atoms with E-state index in [4.69, 9.17) is 11.6 Å². The molecule has 3 fully saturated rings. The molecule has 33 heavy (non-hydrogen) atoms. The number of hydrogen-bond acceptors (Lipinski definition) is 3. The molecule has 2 saturated carbocycles. The molecule has 1 heterocycles. The zero-order chi connectivity index (χ0) is 22.9. The van der Waals surface area contributed by atoms with Gasteiger partial charge < -0.3 is 0 Å². The van der Waals surface area contributed by atoms with Gasteiger partial charge in [-0.25, -0.2) is 0 Å². The minimum absolute atomic E-state index is 0.0967. The molecule has 6 heteroatoms. The first-order valence-corrected chi connectivity index (χ1v) is 12.1. The van der Waals surface area contributed by atoms with Crippen LogP contribution in [0, 0.1) is 35.5 Å². The van der Waals surface area contributed by atoms with Gasteiger partial charge in [0.15, 0.2) is 0 Å². The van der Waals surface area contributed by atoms with E-state index in [1.165, 1.54) is 4.90 Å². The van der Waals surface area contributed by atoms with Crippen molar-refractivity contribution >= 4 is 35.0 Å². The summed E-state index contributed by atoms with van der Waals surface area (Å²) in [7, 11) is 0. The molecule has 0 N–H and O–H groups in total. The highest BCUT2D eigenvalue weighted by molar-refractivity contribution is 6.34. The van der Waals surface area contributed by atoms with Crippen molar-refractivity contribution in [2.75, 3.05) is 11.6 Å². The zero-order valence-electron chi connectivity index (χ0n) is 18.4. The zero-order valence-corrected chi connectivity index (χ0v) is 19.1. The Labute approximate surface area is 198 Å². The van der Waals surface area contributed by atoms with Crippen LogP contribution in [-0.4, -0.2) is 29.3 Å². The Morgan fingerprint density at radius 1 is 0.970 bits per heavy atom. The van der Waals surface area contributed by atoms with Crippen molar-refractivity contribution < 1.29 is 14.4 Å².